The molecule has 4 rings (SSSR count). The van der Waals surface area contributed by atoms with Gasteiger partial charge in [-0.1, -0.05) is 11.6 Å². The molecule has 25 heavy (non-hydrogen) atoms. The molecule has 2 aliphatic heterocycles. The van der Waals surface area contributed by atoms with Crippen molar-refractivity contribution < 1.29 is 9.59 Å². The van der Waals surface area contributed by atoms with Crippen molar-refractivity contribution in [2.75, 3.05) is 39.3 Å². The average Bonchev–Trinajstić information content (AvgIpc) is 3.28. The molecular weight excluding hydrogens is 358 g/mol. The van der Waals surface area contributed by atoms with E-state index in [4.69, 9.17) is 11.6 Å². The Hall–Kier alpha value is -1.11. The van der Waals surface area contributed by atoms with E-state index >= 15 is 0 Å². The van der Waals surface area contributed by atoms with Crippen molar-refractivity contribution in [2.24, 2.45) is 5.92 Å². The van der Waals surface area contributed by atoms with Gasteiger partial charge in [-0.05, 0) is 43.7 Å². The molecule has 2 saturated heterocycles. The van der Waals surface area contributed by atoms with Gasteiger partial charge in [0.05, 0.1) is 15.3 Å². The molecule has 1 aliphatic carbocycles. The lowest BCUT2D eigenvalue weighted by molar-refractivity contribution is -0.132. The maximum absolute atomic E-state index is 12.7. The summed E-state index contributed by atoms with van der Waals surface area (Å²) in [4.78, 5) is 32.3. The fourth-order valence-corrected chi connectivity index (χ4v) is 4.90. The summed E-state index contributed by atoms with van der Waals surface area (Å²) in [5.41, 5.74) is 0. The summed E-state index contributed by atoms with van der Waals surface area (Å²) in [6, 6.07) is 3.59. The lowest BCUT2D eigenvalue weighted by atomic mass is 10.2. The minimum Gasteiger partial charge on any atom is -0.341 e. The molecular formula is C18H24ClN3O2S. The van der Waals surface area contributed by atoms with Gasteiger partial charge in [-0.2, -0.15) is 0 Å². The van der Waals surface area contributed by atoms with E-state index in [1.165, 1.54) is 24.2 Å². The number of hydrogen-bond acceptors (Lipinski definition) is 4. The van der Waals surface area contributed by atoms with E-state index in [1.807, 2.05) is 4.90 Å². The predicted molar refractivity (Wildman–Crippen MR) is 99.1 cm³/mol. The summed E-state index contributed by atoms with van der Waals surface area (Å²) in [5, 5.41) is 0. The first-order valence-corrected chi connectivity index (χ1v) is 10.4. The first kappa shape index (κ1) is 17.3. The lowest BCUT2D eigenvalue weighted by Crippen LogP contribution is -2.44. The SMILES string of the molecule is O=C(c1ccc(Cl)s1)N1CCCN([C@@H]2CCN(CC3CC3)C2=O)CC1. The molecule has 136 valence electrons. The number of thiophene rings is 1. The van der Waals surface area contributed by atoms with E-state index in [0.717, 1.165) is 51.5 Å². The van der Waals surface area contributed by atoms with Crippen LogP contribution in [0.15, 0.2) is 12.1 Å². The van der Waals surface area contributed by atoms with Crippen LogP contribution in [0.1, 0.15) is 35.4 Å². The highest BCUT2D eigenvalue weighted by Crippen LogP contribution is 2.32. The molecule has 0 spiro atoms. The van der Waals surface area contributed by atoms with E-state index in [2.05, 4.69) is 9.80 Å². The van der Waals surface area contributed by atoms with Gasteiger partial charge in [0.25, 0.3) is 5.91 Å². The number of rotatable bonds is 4. The van der Waals surface area contributed by atoms with Gasteiger partial charge >= 0.3 is 0 Å². The van der Waals surface area contributed by atoms with Crippen LogP contribution in [-0.4, -0.2) is 71.8 Å². The fourth-order valence-electron chi connectivity index (χ4n) is 3.89. The molecule has 0 aromatic carbocycles. The summed E-state index contributed by atoms with van der Waals surface area (Å²) in [6.07, 6.45) is 4.40. The number of hydrogen-bond donors (Lipinski definition) is 0. The van der Waals surface area contributed by atoms with Crippen LogP contribution in [0.2, 0.25) is 4.34 Å². The van der Waals surface area contributed by atoms with Gasteiger partial charge in [0, 0.05) is 39.3 Å². The Morgan fingerprint density at radius 1 is 1.12 bits per heavy atom. The average molecular weight is 382 g/mol. The van der Waals surface area contributed by atoms with Gasteiger partial charge in [0.2, 0.25) is 5.91 Å². The largest absolute Gasteiger partial charge is 0.341 e. The number of halogens is 1. The van der Waals surface area contributed by atoms with Gasteiger partial charge in [0.1, 0.15) is 0 Å². The number of nitrogens with zero attached hydrogens (tertiary/aromatic N) is 3. The first-order valence-electron chi connectivity index (χ1n) is 9.19. The molecule has 0 unspecified atom stereocenters. The summed E-state index contributed by atoms with van der Waals surface area (Å²) >= 11 is 7.29. The molecule has 2 amide bonds. The molecule has 1 aromatic rings. The minimum absolute atomic E-state index is 0.0185. The zero-order valence-corrected chi connectivity index (χ0v) is 15.9. The highest BCUT2D eigenvalue weighted by atomic mass is 35.5. The highest BCUT2D eigenvalue weighted by molar-refractivity contribution is 7.17. The number of likely N-dealkylation sites (tertiary alicyclic amines) is 1. The lowest BCUT2D eigenvalue weighted by Gasteiger charge is -2.26. The van der Waals surface area contributed by atoms with Crippen LogP contribution in [-0.2, 0) is 4.79 Å². The van der Waals surface area contributed by atoms with Gasteiger partial charge in [-0.15, -0.1) is 11.3 Å². The van der Waals surface area contributed by atoms with Crippen molar-refractivity contribution in [1.29, 1.82) is 0 Å². The maximum Gasteiger partial charge on any atom is 0.264 e. The molecule has 0 N–H and O–H groups in total. The zero-order chi connectivity index (χ0) is 17.4. The Bertz CT molecular complexity index is 661. The van der Waals surface area contributed by atoms with Crippen LogP contribution < -0.4 is 0 Å². The molecule has 3 aliphatic rings. The quantitative estimate of drug-likeness (QED) is 0.805. The van der Waals surface area contributed by atoms with E-state index < -0.39 is 0 Å². The third-order valence-electron chi connectivity index (χ3n) is 5.49. The summed E-state index contributed by atoms with van der Waals surface area (Å²) < 4.78 is 0.645. The Balaban J connectivity index is 1.35. The van der Waals surface area contributed by atoms with Gasteiger partial charge in [-0.3, -0.25) is 14.5 Å². The Kier molecular flexibility index (Phi) is 5.02. The Morgan fingerprint density at radius 3 is 2.68 bits per heavy atom. The van der Waals surface area contributed by atoms with Crippen LogP contribution in [0.3, 0.4) is 0 Å². The Morgan fingerprint density at radius 2 is 1.96 bits per heavy atom. The zero-order valence-electron chi connectivity index (χ0n) is 14.3. The second-order valence-electron chi connectivity index (χ2n) is 7.32. The van der Waals surface area contributed by atoms with E-state index in [9.17, 15) is 9.59 Å². The summed E-state index contributed by atoms with van der Waals surface area (Å²) in [6.45, 7) is 4.94. The molecule has 5 nitrogen and oxygen atoms in total. The van der Waals surface area contributed by atoms with Gasteiger partial charge < -0.3 is 9.80 Å². The van der Waals surface area contributed by atoms with Gasteiger partial charge in [-0.25, -0.2) is 0 Å². The molecule has 0 radical (unpaired) electrons. The Labute approximate surface area is 157 Å². The minimum atomic E-state index is 0.0185. The van der Waals surface area contributed by atoms with Crippen molar-refractivity contribution in [1.82, 2.24) is 14.7 Å². The van der Waals surface area contributed by atoms with Crippen molar-refractivity contribution >= 4 is 34.8 Å². The van der Waals surface area contributed by atoms with Crippen molar-refractivity contribution in [3.8, 4) is 0 Å². The monoisotopic (exact) mass is 381 g/mol. The third kappa shape index (κ3) is 3.86. The molecule has 1 aromatic heterocycles. The summed E-state index contributed by atoms with van der Waals surface area (Å²) in [5.74, 6) is 1.11. The smallest absolute Gasteiger partial charge is 0.264 e. The van der Waals surface area contributed by atoms with Crippen LogP contribution >= 0.6 is 22.9 Å². The number of carbonyl (C=O) groups excluding carboxylic acids is 2. The predicted octanol–water partition coefficient (Wildman–Crippen LogP) is 2.56. The first-order chi connectivity index (χ1) is 12.1. The standard InChI is InChI=1S/C18H24ClN3O2S/c19-16-5-4-15(25-16)18(24)21-8-1-7-20(10-11-21)14-6-9-22(17(14)23)12-13-2-3-13/h4-5,13-14H,1-3,6-12H2/t14-/m1/s1. The summed E-state index contributed by atoms with van der Waals surface area (Å²) in [7, 11) is 0. The fraction of sp³-hybridized carbons (Fsp3) is 0.667. The van der Waals surface area contributed by atoms with E-state index in [1.54, 1.807) is 12.1 Å². The number of carbonyl (C=O) groups is 2. The molecule has 3 fully saturated rings. The van der Waals surface area contributed by atoms with Crippen molar-refractivity contribution in [3.05, 3.63) is 21.3 Å². The molecule has 0 bridgehead atoms. The molecule has 7 heteroatoms. The highest BCUT2D eigenvalue weighted by Gasteiger charge is 2.38. The maximum atomic E-state index is 12.7. The van der Waals surface area contributed by atoms with Crippen LogP contribution in [0.25, 0.3) is 0 Å². The second kappa shape index (κ2) is 7.25. The normalized spacial score (nSPS) is 25.5. The molecule has 1 saturated carbocycles. The van der Waals surface area contributed by atoms with Crippen LogP contribution in [0.5, 0.6) is 0 Å². The molecule has 1 atom stereocenters. The van der Waals surface area contributed by atoms with Gasteiger partial charge in [0.15, 0.2) is 0 Å². The topological polar surface area (TPSA) is 43.9 Å². The molecule has 3 heterocycles. The van der Waals surface area contributed by atoms with Crippen LogP contribution in [0.4, 0.5) is 0 Å². The van der Waals surface area contributed by atoms with Crippen molar-refractivity contribution in [3.63, 3.8) is 0 Å². The van der Waals surface area contributed by atoms with E-state index in [-0.39, 0.29) is 11.9 Å². The van der Waals surface area contributed by atoms with E-state index in [0.29, 0.717) is 21.7 Å². The van der Waals surface area contributed by atoms with Crippen LogP contribution in [0, 0.1) is 5.92 Å². The third-order valence-corrected chi connectivity index (χ3v) is 6.71. The number of amides is 2. The van der Waals surface area contributed by atoms with Crippen molar-refractivity contribution in [2.45, 2.75) is 31.7 Å². The second-order valence-corrected chi connectivity index (χ2v) is 9.03.